The summed E-state index contributed by atoms with van der Waals surface area (Å²) < 4.78 is 0. The topological polar surface area (TPSA) is 129 Å². The number of nitrogens with zero attached hydrogens (tertiary/aromatic N) is 4. The van der Waals surface area contributed by atoms with Crippen LogP contribution < -0.4 is 16.0 Å². The molecule has 3 amide bonds. The van der Waals surface area contributed by atoms with Crippen LogP contribution in [0.4, 0.5) is 17.5 Å². The van der Waals surface area contributed by atoms with Gasteiger partial charge in [0.05, 0.1) is 0 Å². The fourth-order valence-electron chi connectivity index (χ4n) is 2.56. The number of hydrogen-bond acceptors (Lipinski definition) is 8. The maximum atomic E-state index is 11.8. The quantitative estimate of drug-likeness (QED) is 0.446. The van der Waals surface area contributed by atoms with Crippen molar-refractivity contribution >= 4 is 35.2 Å². The maximum Gasteiger partial charge on any atom is 0.240 e. The van der Waals surface area contributed by atoms with E-state index in [9.17, 15) is 14.4 Å². The van der Waals surface area contributed by atoms with E-state index in [0.717, 1.165) is 10.5 Å². The van der Waals surface area contributed by atoms with Gasteiger partial charge in [-0.25, -0.2) is 4.98 Å². The number of rotatable bonds is 8. The Kier molecular flexibility index (Phi) is 6.10. The van der Waals surface area contributed by atoms with Gasteiger partial charge in [0.1, 0.15) is 18.2 Å². The van der Waals surface area contributed by atoms with Crippen molar-refractivity contribution in [1.29, 1.82) is 0 Å². The van der Waals surface area contributed by atoms with Crippen LogP contribution in [0.2, 0.25) is 0 Å². The molecule has 2 aromatic heterocycles. The SMILES string of the molecule is Cc1ccc(Nc2ccc(NCCNC(=O)CN3C(=O)CCC3=O)nn2)nc1. The Hall–Kier alpha value is -3.56. The third-order valence-electron chi connectivity index (χ3n) is 4.04. The predicted octanol–water partition coefficient (Wildman–Crippen LogP) is 0.601. The standard InChI is InChI=1S/C18H21N7O3/c1-12-2-3-13(21-10-12)22-15-5-4-14(23-24-15)19-8-9-20-16(26)11-25-17(27)6-7-18(25)28/h2-5,10H,6-9,11H2,1H3,(H,19,23)(H,20,26)(H,21,22,24). The van der Waals surface area contributed by atoms with Gasteiger partial charge in [-0.3, -0.25) is 19.3 Å². The summed E-state index contributed by atoms with van der Waals surface area (Å²) in [5, 5.41) is 16.8. The zero-order valence-corrected chi connectivity index (χ0v) is 15.4. The van der Waals surface area contributed by atoms with E-state index in [2.05, 4.69) is 31.1 Å². The minimum absolute atomic E-state index is 0.178. The lowest BCUT2D eigenvalue weighted by molar-refractivity contribution is -0.142. The monoisotopic (exact) mass is 383 g/mol. The summed E-state index contributed by atoms with van der Waals surface area (Å²) in [7, 11) is 0. The van der Waals surface area contributed by atoms with Gasteiger partial charge in [0.2, 0.25) is 17.7 Å². The number of hydrogen-bond donors (Lipinski definition) is 3. The number of anilines is 3. The summed E-state index contributed by atoms with van der Waals surface area (Å²) in [6.45, 7) is 2.48. The first-order valence-electron chi connectivity index (χ1n) is 8.88. The van der Waals surface area contributed by atoms with Crippen LogP contribution in [0, 0.1) is 6.92 Å². The normalized spacial score (nSPS) is 13.5. The second-order valence-corrected chi connectivity index (χ2v) is 6.30. The van der Waals surface area contributed by atoms with Crippen LogP contribution in [-0.2, 0) is 14.4 Å². The number of aromatic nitrogens is 3. The van der Waals surface area contributed by atoms with Crippen molar-refractivity contribution in [3.05, 3.63) is 36.0 Å². The molecule has 28 heavy (non-hydrogen) atoms. The van der Waals surface area contributed by atoms with Crippen molar-refractivity contribution in [2.75, 3.05) is 30.3 Å². The first-order valence-corrected chi connectivity index (χ1v) is 8.88. The molecule has 0 radical (unpaired) electrons. The summed E-state index contributed by atoms with van der Waals surface area (Å²) >= 11 is 0. The average molecular weight is 383 g/mol. The molecule has 3 N–H and O–H groups in total. The van der Waals surface area contributed by atoms with E-state index in [-0.39, 0.29) is 37.1 Å². The Labute approximate surface area is 161 Å². The number of carbonyl (C=O) groups is 3. The smallest absolute Gasteiger partial charge is 0.240 e. The summed E-state index contributed by atoms with van der Waals surface area (Å²) in [6, 6.07) is 7.32. The molecule has 1 aliphatic heterocycles. The number of likely N-dealkylation sites (tertiary alicyclic amines) is 1. The van der Waals surface area contributed by atoms with Gasteiger partial charge in [0.15, 0.2) is 5.82 Å². The summed E-state index contributed by atoms with van der Waals surface area (Å²) in [5.41, 5.74) is 1.07. The van der Waals surface area contributed by atoms with Gasteiger partial charge in [0, 0.05) is 32.1 Å². The number of pyridine rings is 1. The van der Waals surface area contributed by atoms with Crippen molar-refractivity contribution < 1.29 is 14.4 Å². The van der Waals surface area contributed by atoms with Gasteiger partial charge < -0.3 is 16.0 Å². The largest absolute Gasteiger partial charge is 0.367 e. The van der Waals surface area contributed by atoms with Crippen LogP contribution in [0.15, 0.2) is 30.5 Å². The van der Waals surface area contributed by atoms with Crippen molar-refractivity contribution in [1.82, 2.24) is 25.4 Å². The minimum atomic E-state index is -0.373. The number of nitrogens with one attached hydrogen (secondary N) is 3. The highest BCUT2D eigenvalue weighted by Crippen LogP contribution is 2.13. The Bertz CT molecular complexity index is 836. The molecular weight excluding hydrogens is 362 g/mol. The van der Waals surface area contributed by atoms with E-state index < -0.39 is 0 Å². The molecule has 1 aliphatic rings. The zero-order valence-electron chi connectivity index (χ0n) is 15.4. The Balaban J connectivity index is 1.38. The molecular formula is C18H21N7O3. The molecule has 0 aromatic carbocycles. The van der Waals surface area contributed by atoms with Gasteiger partial charge in [-0.2, -0.15) is 0 Å². The highest BCUT2D eigenvalue weighted by Gasteiger charge is 2.30. The van der Waals surface area contributed by atoms with E-state index in [1.807, 2.05) is 19.1 Å². The van der Waals surface area contributed by atoms with Crippen LogP contribution in [0.1, 0.15) is 18.4 Å². The van der Waals surface area contributed by atoms with Gasteiger partial charge in [0.25, 0.3) is 0 Å². The van der Waals surface area contributed by atoms with Crippen molar-refractivity contribution in [3.63, 3.8) is 0 Å². The summed E-state index contributed by atoms with van der Waals surface area (Å²) in [5.74, 6) is 0.822. The Morgan fingerprint density at radius 2 is 1.68 bits per heavy atom. The number of amides is 3. The third kappa shape index (κ3) is 5.22. The molecule has 0 atom stereocenters. The molecule has 10 nitrogen and oxygen atoms in total. The molecule has 146 valence electrons. The molecule has 10 heteroatoms. The van der Waals surface area contributed by atoms with E-state index in [4.69, 9.17) is 0 Å². The molecule has 3 rings (SSSR count). The second kappa shape index (κ2) is 8.89. The molecule has 0 aliphatic carbocycles. The average Bonchev–Trinajstić information content (AvgIpc) is 3.00. The van der Waals surface area contributed by atoms with Crippen LogP contribution >= 0.6 is 0 Å². The molecule has 0 bridgehead atoms. The maximum absolute atomic E-state index is 11.8. The first-order chi connectivity index (χ1) is 13.5. The van der Waals surface area contributed by atoms with Crippen molar-refractivity contribution in [2.45, 2.75) is 19.8 Å². The van der Waals surface area contributed by atoms with E-state index >= 15 is 0 Å². The lowest BCUT2D eigenvalue weighted by atomic mass is 10.3. The van der Waals surface area contributed by atoms with Gasteiger partial charge in [-0.05, 0) is 30.7 Å². The molecule has 3 heterocycles. The first kappa shape index (κ1) is 19.2. The zero-order chi connectivity index (χ0) is 19.9. The van der Waals surface area contributed by atoms with Crippen LogP contribution in [0.25, 0.3) is 0 Å². The molecule has 0 saturated carbocycles. The lowest BCUT2D eigenvalue weighted by Crippen LogP contribution is -2.41. The van der Waals surface area contributed by atoms with Crippen LogP contribution in [0.3, 0.4) is 0 Å². The van der Waals surface area contributed by atoms with Crippen molar-refractivity contribution in [2.24, 2.45) is 0 Å². The molecule has 2 aromatic rings. The second-order valence-electron chi connectivity index (χ2n) is 6.30. The Morgan fingerprint density at radius 3 is 2.32 bits per heavy atom. The Morgan fingerprint density at radius 1 is 1.00 bits per heavy atom. The molecule has 0 spiro atoms. The highest BCUT2D eigenvalue weighted by molar-refractivity contribution is 6.04. The molecule has 1 saturated heterocycles. The number of aryl methyl sites for hydroxylation is 1. The van der Waals surface area contributed by atoms with Crippen LogP contribution in [-0.4, -0.2) is 57.4 Å². The summed E-state index contributed by atoms with van der Waals surface area (Å²) in [4.78, 5) is 40.0. The van der Waals surface area contributed by atoms with Crippen molar-refractivity contribution in [3.8, 4) is 0 Å². The fourth-order valence-corrected chi connectivity index (χ4v) is 2.56. The molecule has 1 fully saturated rings. The van der Waals surface area contributed by atoms with E-state index in [0.29, 0.717) is 30.5 Å². The van der Waals surface area contributed by atoms with Gasteiger partial charge >= 0.3 is 0 Å². The minimum Gasteiger partial charge on any atom is -0.367 e. The van der Waals surface area contributed by atoms with Gasteiger partial charge in [-0.1, -0.05) is 6.07 Å². The third-order valence-corrected chi connectivity index (χ3v) is 4.04. The van der Waals surface area contributed by atoms with E-state index in [1.165, 1.54) is 0 Å². The molecule has 0 unspecified atom stereocenters. The number of carbonyl (C=O) groups excluding carboxylic acids is 3. The summed E-state index contributed by atoms with van der Waals surface area (Å²) in [6.07, 6.45) is 2.11. The fraction of sp³-hybridized carbons (Fsp3) is 0.333. The van der Waals surface area contributed by atoms with Gasteiger partial charge in [-0.15, -0.1) is 10.2 Å². The highest BCUT2D eigenvalue weighted by atomic mass is 16.2. The number of imide groups is 1. The predicted molar refractivity (Wildman–Crippen MR) is 102 cm³/mol. The lowest BCUT2D eigenvalue weighted by Gasteiger charge is -2.13. The van der Waals surface area contributed by atoms with E-state index in [1.54, 1.807) is 18.3 Å². The van der Waals surface area contributed by atoms with Crippen LogP contribution in [0.5, 0.6) is 0 Å².